The molecule has 0 spiro atoms. The molecule has 0 saturated carbocycles. The molecule has 8 nitrogen and oxygen atoms in total. The monoisotopic (exact) mass is 476 g/mol. The molecule has 35 heavy (non-hydrogen) atoms. The zero-order valence-electron chi connectivity index (χ0n) is 20.1. The molecule has 0 radical (unpaired) electrons. The number of amides is 4. The quantitative estimate of drug-likeness (QED) is 0.695. The van der Waals surface area contributed by atoms with Crippen LogP contribution in [0.25, 0.3) is 0 Å². The Labute approximate surface area is 205 Å². The number of hydrogen-bond acceptors (Lipinski definition) is 4. The van der Waals surface area contributed by atoms with E-state index < -0.39 is 0 Å². The predicted octanol–water partition coefficient (Wildman–Crippen LogP) is 2.92. The van der Waals surface area contributed by atoms with Gasteiger partial charge in [-0.3, -0.25) is 14.5 Å². The molecule has 3 aliphatic rings. The van der Waals surface area contributed by atoms with Crippen LogP contribution in [0.4, 0.5) is 10.5 Å². The number of methoxy groups -OCH3 is 1. The van der Waals surface area contributed by atoms with Crippen molar-refractivity contribution in [3.8, 4) is 5.75 Å². The number of piperidine rings is 2. The summed E-state index contributed by atoms with van der Waals surface area (Å²) in [5.74, 6) is 1.32. The molecule has 3 heterocycles. The molecule has 3 fully saturated rings. The lowest BCUT2D eigenvalue weighted by Crippen LogP contribution is -2.57. The van der Waals surface area contributed by atoms with Crippen LogP contribution in [0.2, 0.25) is 0 Å². The van der Waals surface area contributed by atoms with Crippen molar-refractivity contribution in [1.82, 2.24) is 15.1 Å². The maximum Gasteiger partial charge on any atom is 0.321 e. The van der Waals surface area contributed by atoms with Crippen molar-refractivity contribution >= 4 is 23.5 Å². The number of rotatable bonds is 6. The summed E-state index contributed by atoms with van der Waals surface area (Å²) in [4.78, 5) is 43.8. The van der Waals surface area contributed by atoms with Crippen molar-refractivity contribution in [2.75, 3.05) is 44.7 Å². The lowest BCUT2D eigenvalue weighted by atomic mass is 9.83. The standard InChI is InChI=1S/C27H32N4O4/c1-35-23-8-5-19(6-9-23)11-15-31-24-12-14-29(18-21(24)7-10-25(31)32)26(33)20-3-2-4-22(17-20)30-16-13-28-27(30)34/h2-6,8-9,17,21,24H,7,10-16,18H2,1H3,(H,28,34)/t21-,24+/m1/s1. The number of anilines is 1. The number of fused-ring (bicyclic) bond motifs is 1. The van der Waals surface area contributed by atoms with Crippen LogP contribution in [0.5, 0.6) is 5.75 Å². The highest BCUT2D eigenvalue weighted by molar-refractivity contribution is 5.98. The first-order valence-electron chi connectivity index (χ1n) is 12.4. The van der Waals surface area contributed by atoms with Gasteiger partial charge < -0.3 is 19.9 Å². The summed E-state index contributed by atoms with van der Waals surface area (Å²) in [6.45, 7) is 3.19. The van der Waals surface area contributed by atoms with Gasteiger partial charge in [-0.2, -0.15) is 0 Å². The van der Waals surface area contributed by atoms with Gasteiger partial charge in [-0.1, -0.05) is 18.2 Å². The number of urea groups is 1. The molecule has 0 aliphatic carbocycles. The molecular weight excluding hydrogens is 444 g/mol. The van der Waals surface area contributed by atoms with E-state index in [2.05, 4.69) is 5.32 Å². The second-order valence-corrected chi connectivity index (χ2v) is 9.53. The minimum Gasteiger partial charge on any atom is -0.497 e. The van der Waals surface area contributed by atoms with Crippen molar-refractivity contribution in [2.24, 2.45) is 5.92 Å². The van der Waals surface area contributed by atoms with Crippen molar-refractivity contribution in [1.29, 1.82) is 0 Å². The number of carbonyl (C=O) groups excluding carboxylic acids is 3. The lowest BCUT2D eigenvalue weighted by Gasteiger charge is -2.47. The summed E-state index contributed by atoms with van der Waals surface area (Å²) < 4.78 is 5.23. The van der Waals surface area contributed by atoms with Gasteiger partial charge in [-0.15, -0.1) is 0 Å². The Bertz CT molecular complexity index is 1100. The van der Waals surface area contributed by atoms with Gasteiger partial charge in [0.1, 0.15) is 5.75 Å². The zero-order chi connectivity index (χ0) is 24.4. The van der Waals surface area contributed by atoms with Gasteiger partial charge in [0.05, 0.1) is 7.11 Å². The first-order chi connectivity index (χ1) is 17.0. The van der Waals surface area contributed by atoms with Crippen molar-refractivity contribution in [2.45, 2.75) is 31.7 Å². The van der Waals surface area contributed by atoms with E-state index in [-0.39, 0.29) is 29.8 Å². The van der Waals surface area contributed by atoms with E-state index in [0.29, 0.717) is 44.7 Å². The Morgan fingerprint density at radius 1 is 1.09 bits per heavy atom. The molecule has 2 aromatic carbocycles. The van der Waals surface area contributed by atoms with E-state index in [9.17, 15) is 14.4 Å². The van der Waals surface area contributed by atoms with Crippen molar-refractivity contribution < 1.29 is 19.1 Å². The van der Waals surface area contributed by atoms with Crippen LogP contribution >= 0.6 is 0 Å². The Morgan fingerprint density at radius 3 is 2.66 bits per heavy atom. The normalized spacial score (nSPS) is 22.1. The summed E-state index contributed by atoms with van der Waals surface area (Å²) >= 11 is 0. The Kier molecular flexibility index (Phi) is 6.61. The van der Waals surface area contributed by atoms with Gasteiger partial charge >= 0.3 is 6.03 Å². The summed E-state index contributed by atoms with van der Waals surface area (Å²) in [6, 6.07) is 15.4. The van der Waals surface area contributed by atoms with Crippen LogP contribution < -0.4 is 15.0 Å². The Morgan fingerprint density at radius 2 is 1.91 bits per heavy atom. The first-order valence-corrected chi connectivity index (χ1v) is 12.4. The molecule has 184 valence electrons. The van der Waals surface area contributed by atoms with Crippen LogP contribution in [-0.2, 0) is 11.2 Å². The van der Waals surface area contributed by atoms with Crippen molar-refractivity contribution in [3.05, 3.63) is 59.7 Å². The van der Waals surface area contributed by atoms with Gasteiger partial charge in [-0.25, -0.2) is 4.79 Å². The second-order valence-electron chi connectivity index (χ2n) is 9.53. The lowest BCUT2D eigenvalue weighted by molar-refractivity contribution is -0.140. The van der Waals surface area contributed by atoms with Crippen LogP contribution in [0, 0.1) is 5.92 Å². The van der Waals surface area contributed by atoms with Crippen LogP contribution in [0.3, 0.4) is 0 Å². The number of hydrogen-bond donors (Lipinski definition) is 1. The molecule has 0 bridgehead atoms. The Balaban J connectivity index is 1.23. The number of ether oxygens (including phenoxy) is 1. The minimum atomic E-state index is -0.128. The summed E-state index contributed by atoms with van der Waals surface area (Å²) in [7, 11) is 1.65. The third-order valence-corrected chi connectivity index (χ3v) is 7.49. The third kappa shape index (κ3) is 4.83. The largest absolute Gasteiger partial charge is 0.497 e. The molecule has 5 rings (SSSR count). The number of benzene rings is 2. The number of likely N-dealkylation sites (tertiary alicyclic amines) is 2. The number of nitrogens with zero attached hydrogens (tertiary/aromatic N) is 3. The fourth-order valence-corrected chi connectivity index (χ4v) is 5.58. The van der Waals surface area contributed by atoms with E-state index in [0.717, 1.165) is 30.7 Å². The Hall–Kier alpha value is -3.55. The van der Waals surface area contributed by atoms with E-state index in [1.807, 2.05) is 58.3 Å². The first kappa shape index (κ1) is 23.2. The van der Waals surface area contributed by atoms with E-state index in [1.165, 1.54) is 5.56 Å². The van der Waals surface area contributed by atoms with Crippen LogP contribution in [0.1, 0.15) is 35.2 Å². The van der Waals surface area contributed by atoms with Gasteiger partial charge in [0.25, 0.3) is 5.91 Å². The SMILES string of the molecule is COc1ccc(CCN2C(=O)CC[C@@H]3CN(C(=O)c4cccc(N5CCNC5=O)c4)CC[C@@H]32)cc1. The average molecular weight is 477 g/mol. The zero-order valence-corrected chi connectivity index (χ0v) is 20.1. The van der Waals surface area contributed by atoms with Gasteiger partial charge in [-0.05, 0) is 61.1 Å². The number of carbonyl (C=O) groups is 3. The average Bonchev–Trinajstić information content (AvgIpc) is 3.33. The molecule has 8 heteroatoms. The van der Waals surface area contributed by atoms with Gasteiger partial charge in [0.2, 0.25) is 5.91 Å². The topological polar surface area (TPSA) is 82.2 Å². The summed E-state index contributed by atoms with van der Waals surface area (Å²) in [5.41, 5.74) is 2.53. The molecule has 0 aromatic heterocycles. The van der Waals surface area contributed by atoms with Crippen LogP contribution in [-0.4, -0.2) is 73.5 Å². The smallest absolute Gasteiger partial charge is 0.321 e. The minimum absolute atomic E-state index is 0.00779. The molecule has 1 N–H and O–H groups in total. The maximum absolute atomic E-state index is 13.3. The fraction of sp³-hybridized carbons (Fsp3) is 0.444. The summed E-state index contributed by atoms with van der Waals surface area (Å²) in [6.07, 6.45) is 2.95. The maximum atomic E-state index is 13.3. The predicted molar refractivity (Wildman–Crippen MR) is 133 cm³/mol. The molecule has 2 aromatic rings. The number of nitrogens with one attached hydrogen (secondary N) is 1. The fourth-order valence-electron chi connectivity index (χ4n) is 5.58. The highest BCUT2D eigenvalue weighted by Crippen LogP contribution is 2.32. The molecular formula is C27H32N4O4. The van der Waals surface area contributed by atoms with E-state index >= 15 is 0 Å². The molecule has 4 amide bonds. The molecule has 3 saturated heterocycles. The van der Waals surface area contributed by atoms with Crippen molar-refractivity contribution in [3.63, 3.8) is 0 Å². The molecule has 2 atom stereocenters. The second kappa shape index (κ2) is 9.98. The van der Waals surface area contributed by atoms with Gasteiger partial charge in [0, 0.05) is 56.4 Å². The van der Waals surface area contributed by atoms with Gasteiger partial charge in [0.15, 0.2) is 0 Å². The van der Waals surface area contributed by atoms with E-state index in [1.54, 1.807) is 12.0 Å². The van der Waals surface area contributed by atoms with E-state index in [4.69, 9.17) is 4.74 Å². The van der Waals surface area contributed by atoms with Crippen LogP contribution in [0.15, 0.2) is 48.5 Å². The highest BCUT2D eigenvalue weighted by Gasteiger charge is 2.40. The highest BCUT2D eigenvalue weighted by atomic mass is 16.5. The summed E-state index contributed by atoms with van der Waals surface area (Å²) in [5, 5.41) is 2.80. The molecule has 3 aliphatic heterocycles. The molecule has 0 unspecified atom stereocenters. The third-order valence-electron chi connectivity index (χ3n) is 7.49.